The van der Waals surface area contributed by atoms with Crippen LogP contribution in [0.3, 0.4) is 0 Å². The molecular formula is C15H19N3O3S. The Labute approximate surface area is 132 Å². The summed E-state index contributed by atoms with van der Waals surface area (Å²) >= 11 is 1.36. The Balaban J connectivity index is 1.96. The average molecular weight is 321 g/mol. The van der Waals surface area contributed by atoms with Gasteiger partial charge in [-0.05, 0) is 18.6 Å². The molecule has 0 aliphatic rings. The first-order valence-corrected chi connectivity index (χ1v) is 8.05. The normalized spacial score (nSPS) is 10.5. The maximum absolute atomic E-state index is 11.7. The van der Waals surface area contributed by atoms with Gasteiger partial charge < -0.3 is 15.1 Å². The van der Waals surface area contributed by atoms with Gasteiger partial charge in [-0.3, -0.25) is 9.59 Å². The Hall–Kier alpha value is -2.15. The van der Waals surface area contributed by atoms with Gasteiger partial charge in [-0.15, -0.1) is 11.3 Å². The fourth-order valence-electron chi connectivity index (χ4n) is 1.79. The van der Waals surface area contributed by atoms with Crippen LogP contribution in [-0.4, -0.2) is 16.8 Å². The Morgan fingerprint density at radius 1 is 1.36 bits per heavy atom. The number of amides is 2. The monoisotopic (exact) mass is 321 g/mol. The molecule has 2 aromatic rings. The molecule has 0 spiro atoms. The van der Waals surface area contributed by atoms with E-state index in [1.165, 1.54) is 18.3 Å². The van der Waals surface area contributed by atoms with Crippen LogP contribution in [0, 0.1) is 0 Å². The summed E-state index contributed by atoms with van der Waals surface area (Å²) in [5, 5.41) is 7.85. The summed E-state index contributed by atoms with van der Waals surface area (Å²) in [5.41, 5.74) is 0.671. The van der Waals surface area contributed by atoms with Crippen LogP contribution < -0.4 is 10.6 Å². The fraction of sp³-hybridized carbons (Fsp3) is 0.400. The summed E-state index contributed by atoms with van der Waals surface area (Å²) in [6.07, 6.45) is 2.36. The summed E-state index contributed by atoms with van der Waals surface area (Å²) in [6.45, 7) is 3.85. The lowest BCUT2D eigenvalue weighted by Crippen LogP contribution is -2.18. The van der Waals surface area contributed by atoms with Crippen LogP contribution in [0.25, 0.3) is 11.5 Å². The van der Waals surface area contributed by atoms with E-state index < -0.39 is 0 Å². The van der Waals surface area contributed by atoms with Crippen molar-refractivity contribution >= 4 is 28.3 Å². The number of unbranched alkanes of at least 4 members (excludes halogenated alkanes) is 1. The Bertz CT molecular complexity index is 648. The van der Waals surface area contributed by atoms with E-state index in [4.69, 9.17) is 4.42 Å². The number of anilines is 1. The molecule has 0 aromatic carbocycles. The average Bonchev–Trinajstić information content (AvgIpc) is 3.11. The first kappa shape index (κ1) is 16.2. The maximum Gasteiger partial charge on any atom is 0.226 e. The molecule has 2 N–H and O–H groups in total. The van der Waals surface area contributed by atoms with Gasteiger partial charge in [-0.1, -0.05) is 13.3 Å². The predicted octanol–water partition coefficient (Wildman–Crippen LogP) is 3.17. The number of hydrogen-bond donors (Lipinski definition) is 2. The molecule has 0 unspecified atom stereocenters. The van der Waals surface area contributed by atoms with E-state index in [1.54, 1.807) is 12.1 Å². The first-order valence-electron chi connectivity index (χ1n) is 7.17. The van der Waals surface area contributed by atoms with Gasteiger partial charge in [0.2, 0.25) is 11.8 Å². The molecule has 0 atom stereocenters. The third-order valence-corrected chi connectivity index (χ3v) is 3.69. The molecule has 2 amide bonds. The highest BCUT2D eigenvalue weighted by atomic mass is 32.1. The summed E-state index contributed by atoms with van der Waals surface area (Å²) in [7, 11) is 0. The van der Waals surface area contributed by atoms with Gasteiger partial charge in [0.25, 0.3) is 0 Å². The third-order valence-electron chi connectivity index (χ3n) is 2.93. The molecule has 0 saturated heterocycles. The number of carbonyl (C=O) groups is 2. The Morgan fingerprint density at radius 2 is 2.18 bits per heavy atom. The number of furan rings is 1. The molecule has 0 bridgehead atoms. The van der Waals surface area contributed by atoms with Crippen molar-refractivity contribution in [3.8, 4) is 11.5 Å². The second-order valence-corrected chi connectivity index (χ2v) is 5.72. The zero-order valence-electron chi connectivity index (χ0n) is 12.6. The Morgan fingerprint density at radius 3 is 2.91 bits per heavy atom. The molecule has 0 radical (unpaired) electrons. The lowest BCUT2D eigenvalue weighted by Gasteiger charge is -1.99. The molecule has 0 fully saturated rings. The van der Waals surface area contributed by atoms with Crippen LogP contribution in [0.15, 0.2) is 21.9 Å². The van der Waals surface area contributed by atoms with Crippen molar-refractivity contribution in [2.75, 3.05) is 5.32 Å². The second-order valence-electron chi connectivity index (χ2n) is 4.87. The SMILES string of the molecule is CCCCC(=O)Nc1nc(-c2ccc(CNC(C)=O)o2)cs1. The second kappa shape index (κ2) is 7.74. The van der Waals surface area contributed by atoms with Crippen molar-refractivity contribution in [3.05, 3.63) is 23.3 Å². The topological polar surface area (TPSA) is 84.2 Å². The van der Waals surface area contributed by atoms with E-state index in [-0.39, 0.29) is 11.8 Å². The van der Waals surface area contributed by atoms with E-state index in [2.05, 4.69) is 15.6 Å². The predicted molar refractivity (Wildman–Crippen MR) is 85.5 cm³/mol. The summed E-state index contributed by atoms with van der Waals surface area (Å²) in [6, 6.07) is 3.60. The highest BCUT2D eigenvalue weighted by molar-refractivity contribution is 7.14. The summed E-state index contributed by atoms with van der Waals surface area (Å²) in [5.74, 6) is 1.15. The molecule has 22 heavy (non-hydrogen) atoms. The smallest absolute Gasteiger partial charge is 0.226 e. The Kier molecular flexibility index (Phi) is 5.71. The van der Waals surface area contributed by atoms with E-state index in [0.717, 1.165) is 12.8 Å². The number of carbonyl (C=O) groups excluding carboxylic acids is 2. The van der Waals surface area contributed by atoms with Crippen molar-refractivity contribution in [1.82, 2.24) is 10.3 Å². The number of hydrogen-bond acceptors (Lipinski definition) is 5. The first-order chi connectivity index (χ1) is 10.6. The minimum absolute atomic E-state index is 0.0199. The molecule has 118 valence electrons. The molecule has 0 aliphatic heterocycles. The van der Waals surface area contributed by atoms with Crippen LogP contribution in [-0.2, 0) is 16.1 Å². The molecule has 2 heterocycles. The number of nitrogens with one attached hydrogen (secondary N) is 2. The van der Waals surface area contributed by atoms with Gasteiger partial charge in [-0.25, -0.2) is 4.98 Å². The quantitative estimate of drug-likeness (QED) is 0.820. The highest BCUT2D eigenvalue weighted by Gasteiger charge is 2.11. The van der Waals surface area contributed by atoms with Crippen molar-refractivity contribution in [1.29, 1.82) is 0 Å². The molecule has 2 rings (SSSR count). The van der Waals surface area contributed by atoms with Crippen molar-refractivity contribution in [2.45, 2.75) is 39.7 Å². The van der Waals surface area contributed by atoms with E-state index in [0.29, 0.717) is 35.3 Å². The van der Waals surface area contributed by atoms with E-state index in [1.807, 2.05) is 12.3 Å². The number of aromatic nitrogens is 1. The largest absolute Gasteiger partial charge is 0.458 e. The van der Waals surface area contributed by atoms with Gasteiger partial charge >= 0.3 is 0 Å². The van der Waals surface area contributed by atoms with Crippen LogP contribution in [0.4, 0.5) is 5.13 Å². The number of rotatable bonds is 7. The van der Waals surface area contributed by atoms with E-state index >= 15 is 0 Å². The summed E-state index contributed by atoms with van der Waals surface area (Å²) in [4.78, 5) is 26.9. The van der Waals surface area contributed by atoms with Crippen molar-refractivity contribution < 1.29 is 14.0 Å². The van der Waals surface area contributed by atoms with Gasteiger partial charge in [0.15, 0.2) is 10.9 Å². The van der Waals surface area contributed by atoms with Crippen molar-refractivity contribution in [2.24, 2.45) is 0 Å². The van der Waals surface area contributed by atoms with Gasteiger partial charge in [0.1, 0.15) is 11.5 Å². The molecule has 2 aromatic heterocycles. The van der Waals surface area contributed by atoms with Crippen LogP contribution in [0.5, 0.6) is 0 Å². The van der Waals surface area contributed by atoms with Gasteiger partial charge in [0.05, 0.1) is 6.54 Å². The molecule has 0 aliphatic carbocycles. The highest BCUT2D eigenvalue weighted by Crippen LogP contribution is 2.26. The third kappa shape index (κ3) is 4.70. The zero-order valence-corrected chi connectivity index (χ0v) is 13.5. The lowest BCUT2D eigenvalue weighted by molar-refractivity contribution is -0.119. The van der Waals surface area contributed by atoms with Gasteiger partial charge in [0, 0.05) is 18.7 Å². The fourth-order valence-corrected chi connectivity index (χ4v) is 2.50. The van der Waals surface area contributed by atoms with Gasteiger partial charge in [-0.2, -0.15) is 0 Å². The zero-order chi connectivity index (χ0) is 15.9. The molecule has 0 saturated carbocycles. The molecular weight excluding hydrogens is 302 g/mol. The summed E-state index contributed by atoms with van der Waals surface area (Å²) < 4.78 is 5.62. The van der Waals surface area contributed by atoms with Crippen molar-refractivity contribution in [3.63, 3.8) is 0 Å². The van der Waals surface area contributed by atoms with Crippen LogP contribution in [0.2, 0.25) is 0 Å². The molecule has 6 nitrogen and oxygen atoms in total. The molecule has 7 heteroatoms. The maximum atomic E-state index is 11.7. The standard InChI is InChI=1S/C15H19N3O3S/c1-3-4-5-14(20)18-15-17-12(9-22-15)13-7-6-11(21-13)8-16-10(2)19/h6-7,9H,3-5,8H2,1-2H3,(H,16,19)(H,17,18,20). The number of nitrogens with zero attached hydrogens (tertiary/aromatic N) is 1. The number of thiazole rings is 1. The minimum atomic E-state index is -0.108. The van der Waals surface area contributed by atoms with Crippen LogP contribution >= 0.6 is 11.3 Å². The minimum Gasteiger partial charge on any atom is -0.458 e. The lowest BCUT2D eigenvalue weighted by atomic mass is 10.2. The van der Waals surface area contributed by atoms with E-state index in [9.17, 15) is 9.59 Å². The van der Waals surface area contributed by atoms with Crippen LogP contribution in [0.1, 0.15) is 38.9 Å².